The number of piperidine rings is 1. The summed E-state index contributed by atoms with van der Waals surface area (Å²) in [5, 5.41) is 14.2. The fraction of sp³-hybridized carbons (Fsp3) is 0.578. The van der Waals surface area contributed by atoms with Crippen molar-refractivity contribution in [1.82, 2.24) is 14.8 Å². The van der Waals surface area contributed by atoms with E-state index in [1.807, 2.05) is 67.4 Å². The van der Waals surface area contributed by atoms with Gasteiger partial charge >= 0.3 is 17.9 Å². The number of rotatable bonds is 7. The maximum Gasteiger partial charge on any atom is 0.344 e. The number of esters is 3. The number of aliphatic hydroxyl groups is 1. The Morgan fingerprint density at radius 2 is 1.77 bits per heavy atom. The summed E-state index contributed by atoms with van der Waals surface area (Å²) in [4.78, 5) is 52.5. The van der Waals surface area contributed by atoms with Crippen LogP contribution in [-0.4, -0.2) is 122 Å². The number of aromatic amines is 1. The Labute approximate surface area is 359 Å². The van der Waals surface area contributed by atoms with Gasteiger partial charge in [-0.1, -0.05) is 37.3 Å². The number of nitrogens with one attached hydrogen (secondary N) is 1. The van der Waals surface area contributed by atoms with Gasteiger partial charge < -0.3 is 33.9 Å². The van der Waals surface area contributed by atoms with E-state index in [9.17, 15) is 14.7 Å². The fourth-order valence-corrected chi connectivity index (χ4v) is 13.2. The van der Waals surface area contributed by atoms with Crippen molar-refractivity contribution in [3.8, 4) is 5.75 Å². The van der Waals surface area contributed by atoms with Gasteiger partial charge in [0.15, 0.2) is 6.10 Å². The highest BCUT2D eigenvalue weighted by Gasteiger charge is 2.80. The van der Waals surface area contributed by atoms with Crippen molar-refractivity contribution in [2.24, 2.45) is 17.3 Å². The molecule has 0 amide bonds. The molecule has 2 N–H and O–H groups in total. The number of H-pyrrole nitrogens is 1. The van der Waals surface area contributed by atoms with Crippen molar-refractivity contribution in [3.05, 3.63) is 70.9 Å². The third-order valence-corrected chi connectivity index (χ3v) is 15.3. The van der Waals surface area contributed by atoms with Gasteiger partial charge in [-0.2, -0.15) is 0 Å². The molecule has 3 fully saturated rings. The number of ether oxygens (including phenoxy) is 4. The summed E-state index contributed by atoms with van der Waals surface area (Å²) in [5.74, 6) is -5.92. The van der Waals surface area contributed by atoms with E-state index in [1.54, 1.807) is 0 Å². The predicted octanol–water partition coefficient (Wildman–Crippen LogP) is 5.66. The van der Waals surface area contributed by atoms with Crippen molar-refractivity contribution in [2.45, 2.75) is 93.5 Å². The molecule has 1 aromatic heterocycles. The number of alkyl halides is 2. The number of anilines is 1. The van der Waals surface area contributed by atoms with Crippen LogP contribution in [0.25, 0.3) is 10.9 Å². The van der Waals surface area contributed by atoms with Crippen LogP contribution in [0.4, 0.5) is 14.5 Å². The fourth-order valence-electron chi connectivity index (χ4n) is 13.2. The summed E-state index contributed by atoms with van der Waals surface area (Å²) in [7, 11) is 5.94. The molecule has 1 saturated carbocycles. The molecular weight excluding hydrogens is 842 g/mol. The molecule has 2 aromatic carbocycles. The SMILES string of the molecule is Br.CC[C@]12C=CCN3CC[C@@]4(c5cc([C@@]6(C(=O)OC)C[C@H]7C[C@@H](C(C)(F)F)CN(Cc8c6[nH]c6ccccc86)C7)c(OC)cc5N(C)[C@H]4[C@@](O)(C(=O)OC)[C@@H]1OC(C)=O)[C@@H]32. The lowest BCUT2D eigenvalue weighted by atomic mass is 9.47. The molecular formula is C45H55BrF2N4O8. The third-order valence-electron chi connectivity index (χ3n) is 15.3. The van der Waals surface area contributed by atoms with Crippen LogP contribution in [0.1, 0.15) is 68.8 Å². The molecule has 1 spiro atoms. The minimum atomic E-state index is -2.94. The Kier molecular flexibility index (Phi) is 10.3. The minimum Gasteiger partial charge on any atom is -0.496 e. The van der Waals surface area contributed by atoms with Crippen LogP contribution in [0, 0.1) is 17.3 Å². The Balaban J connectivity index is 0.00000499. The second kappa shape index (κ2) is 14.5. The Morgan fingerprint density at radius 1 is 1.03 bits per heavy atom. The number of hydrogen-bond acceptors (Lipinski definition) is 11. The highest BCUT2D eigenvalue weighted by atomic mass is 79.9. The van der Waals surface area contributed by atoms with Crippen LogP contribution < -0.4 is 9.64 Å². The maximum atomic E-state index is 15.3. The standard InChI is InChI=1S/C45H54F2N4O8.BrH/c1-8-42-14-11-16-51-17-15-43(36(42)51)30-19-31(34(56-5)20-33(30)49(4)37(43)45(55,40(54)58-7)38(42)59-25(2)52)44(39(53)57-6)21-26-18-27(41(3,46)47)23-50(22-26)24-29-28-12-9-10-13-32(28)48-35(29)44;/h9-14,19-20,26-27,36-38,48,55H,8,15-18,21-24H2,1-7H3;1H/t26-,27-,36+,37-,38-,42-,43-,44+,45+;/m1./s1. The summed E-state index contributed by atoms with van der Waals surface area (Å²) in [6, 6.07) is 10.3. The molecule has 12 nitrogen and oxygen atoms in total. The Morgan fingerprint density at radius 3 is 2.43 bits per heavy atom. The van der Waals surface area contributed by atoms with E-state index in [-0.39, 0.29) is 48.3 Å². The summed E-state index contributed by atoms with van der Waals surface area (Å²) in [6.07, 6.45) is 4.04. The molecule has 60 heavy (non-hydrogen) atoms. The van der Waals surface area contributed by atoms with Gasteiger partial charge in [0.1, 0.15) is 11.2 Å². The molecule has 6 aliphatic rings. The van der Waals surface area contributed by atoms with E-state index >= 15 is 13.6 Å². The number of aromatic nitrogens is 1. The van der Waals surface area contributed by atoms with Crippen LogP contribution in [-0.2, 0) is 46.0 Å². The van der Waals surface area contributed by atoms with Gasteiger partial charge in [-0.3, -0.25) is 19.4 Å². The van der Waals surface area contributed by atoms with E-state index in [0.717, 1.165) is 29.0 Å². The first-order valence-electron chi connectivity index (χ1n) is 20.7. The summed E-state index contributed by atoms with van der Waals surface area (Å²) in [5.41, 5.74) is -1.64. The number of fused-ring (bicyclic) bond motifs is 6. The molecule has 5 aliphatic heterocycles. The molecule has 10 atom stereocenters. The van der Waals surface area contributed by atoms with Crippen LogP contribution >= 0.6 is 17.0 Å². The minimum absolute atomic E-state index is 0. The monoisotopic (exact) mass is 896 g/mol. The van der Waals surface area contributed by atoms with Crippen molar-refractivity contribution in [3.63, 3.8) is 0 Å². The zero-order valence-corrected chi connectivity index (χ0v) is 36.9. The molecule has 2 bridgehead atoms. The third kappa shape index (κ3) is 5.49. The molecule has 0 radical (unpaired) electrons. The van der Waals surface area contributed by atoms with Gasteiger partial charge in [0.05, 0.1) is 27.4 Å². The first-order valence-corrected chi connectivity index (χ1v) is 20.7. The first kappa shape index (κ1) is 42.6. The van der Waals surface area contributed by atoms with E-state index in [4.69, 9.17) is 18.9 Å². The van der Waals surface area contributed by atoms with Gasteiger partial charge in [0, 0.05) is 96.9 Å². The molecule has 6 heterocycles. The molecule has 3 aromatic rings. The zero-order chi connectivity index (χ0) is 42.0. The van der Waals surface area contributed by atoms with Gasteiger partial charge in [-0.25, -0.2) is 13.6 Å². The largest absolute Gasteiger partial charge is 0.496 e. The number of nitrogens with zero attached hydrogens (tertiary/aromatic N) is 3. The Hall–Kier alpha value is -4.05. The lowest BCUT2D eigenvalue weighted by Gasteiger charge is -2.63. The number of methoxy groups -OCH3 is 3. The molecule has 2 saturated heterocycles. The number of carbonyl (C=O) groups excluding carboxylic acids is 3. The normalized spacial score (nSPS) is 35.2. The second-order valence-corrected chi connectivity index (χ2v) is 18.0. The number of hydrogen-bond donors (Lipinski definition) is 2. The number of para-hydroxylation sites is 1. The van der Waals surface area contributed by atoms with Gasteiger partial charge in [0.2, 0.25) is 11.5 Å². The van der Waals surface area contributed by atoms with Crippen molar-refractivity contribution in [1.29, 1.82) is 0 Å². The maximum absolute atomic E-state index is 15.3. The molecule has 324 valence electrons. The van der Waals surface area contributed by atoms with E-state index in [0.29, 0.717) is 61.7 Å². The lowest BCUT2D eigenvalue weighted by Crippen LogP contribution is -2.81. The van der Waals surface area contributed by atoms with Crippen LogP contribution in [0.3, 0.4) is 0 Å². The van der Waals surface area contributed by atoms with Crippen molar-refractivity contribution < 1.29 is 47.2 Å². The average Bonchev–Trinajstić information content (AvgIpc) is 3.86. The number of benzene rings is 2. The molecule has 9 rings (SSSR count). The predicted molar refractivity (Wildman–Crippen MR) is 225 cm³/mol. The van der Waals surface area contributed by atoms with Gasteiger partial charge in [0.25, 0.3) is 0 Å². The van der Waals surface area contributed by atoms with Crippen LogP contribution in [0.5, 0.6) is 5.75 Å². The molecule has 1 unspecified atom stereocenters. The summed E-state index contributed by atoms with van der Waals surface area (Å²) >= 11 is 0. The topological polar surface area (TPSA) is 134 Å². The summed E-state index contributed by atoms with van der Waals surface area (Å²) in [6.45, 7) is 6.55. The Bertz CT molecular complexity index is 2280. The molecule has 1 aliphatic carbocycles. The number of halogens is 3. The van der Waals surface area contributed by atoms with Gasteiger partial charge in [-0.15, -0.1) is 17.0 Å². The molecule has 15 heteroatoms. The lowest BCUT2D eigenvalue weighted by molar-refractivity contribution is -0.228. The zero-order valence-electron chi connectivity index (χ0n) is 35.2. The quantitative estimate of drug-likeness (QED) is 0.173. The smallest absolute Gasteiger partial charge is 0.344 e. The van der Waals surface area contributed by atoms with Crippen LogP contribution in [0.15, 0.2) is 48.6 Å². The van der Waals surface area contributed by atoms with Crippen LogP contribution in [0.2, 0.25) is 0 Å². The van der Waals surface area contributed by atoms with Gasteiger partial charge in [-0.05, 0) is 68.3 Å². The highest BCUT2D eigenvalue weighted by Crippen LogP contribution is 2.68. The average molecular weight is 898 g/mol. The second-order valence-electron chi connectivity index (χ2n) is 18.0. The van der Waals surface area contributed by atoms with Crippen molar-refractivity contribution >= 4 is 51.5 Å². The van der Waals surface area contributed by atoms with E-state index in [2.05, 4.69) is 14.8 Å². The summed E-state index contributed by atoms with van der Waals surface area (Å²) < 4.78 is 54.3. The number of carbonyl (C=O) groups is 3. The van der Waals surface area contributed by atoms with Crippen molar-refractivity contribution in [2.75, 3.05) is 59.5 Å². The number of likely N-dealkylation sites (N-methyl/N-ethyl adjacent to an activating group) is 1. The van der Waals surface area contributed by atoms with E-state index in [1.165, 1.54) is 28.3 Å². The highest BCUT2D eigenvalue weighted by molar-refractivity contribution is 8.93. The first-order chi connectivity index (χ1) is 28.1. The van der Waals surface area contributed by atoms with E-state index < -0.39 is 63.7 Å².